The van der Waals surface area contributed by atoms with Crippen molar-refractivity contribution < 1.29 is 19.1 Å². The molecular formula is C16H23ClN2O4. The van der Waals surface area contributed by atoms with Gasteiger partial charge in [0.1, 0.15) is 5.15 Å². The van der Waals surface area contributed by atoms with E-state index in [1.165, 1.54) is 19.4 Å². The molecule has 0 N–H and O–H groups in total. The van der Waals surface area contributed by atoms with Gasteiger partial charge in [-0.3, -0.25) is 9.59 Å². The van der Waals surface area contributed by atoms with Crippen LogP contribution in [0.15, 0.2) is 18.3 Å². The van der Waals surface area contributed by atoms with E-state index >= 15 is 0 Å². The Morgan fingerprint density at radius 2 is 2.17 bits per heavy atom. The third-order valence-corrected chi connectivity index (χ3v) is 3.49. The smallest absolute Gasteiger partial charge is 0.310 e. The van der Waals surface area contributed by atoms with Gasteiger partial charge in [-0.25, -0.2) is 4.98 Å². The van der Waals surface area contributed by atoms with Crippen LogP contribution < -0.4 is 0 Å². The summed E-state index contributed by atoms with van der Waals surface area (Å²) in [4.78, 5) is 29.8. The molecule has 7 heteroatoms. The largest absolute Gasteiger partial charge is 0.469 e. The van der Waals surface area contributed by atoms with Gasteiger partial charge in [-0.2, -0.15) is 0 Å². The number of carbonyl (C=O) groups is 2. The van der Waals surface area contributed by atoms with Gasteiger partial charge in [0, 0.05) is 38.1 Å². The van der Waals surface area contributed by atoms with Crippen LogP contribution in [0.1, 0.15) is 30.6 Å². The highest BCUT2D eigenvalue weighted by molar-refractivity contribution is 6.29. The number of aromatic nitrogens is 1. The van der Waals surface area contributed by atoms with E-state index < -0.39 is 5.92 Å². The number of halogens is 1. The molecule has 0 fully saturated rings. The van der Waals surface area contributed by atoms with Gasteiger partial charge in [-0.05, 0) is 25.5 Å². The molecule has 0 spiro atoms. The number of ether oxygens (including phenoxy) is 2. The average Bonchev–Trinajstić information content (AvgIpc) is 2.56. The third-order valence-electron chi connectivity index (χ3n) is 3.28. The molecule has 0 bridgehead atoms. The zero-order chi connectivity index (χ0) is 17.2. The highest BCUT2D eigenvalue weighted by Gasteiger charge is 2.22. The number of esters is 1. The Bertz CT molecular complexity index is 525. The molecule has 0 saturated carbocycles. The highest BCUT2D eigenvalue weighted by atomic mass is 35.5. The molecule has 23 heavy (non-hydrogen) atoms. The second-order valence-corrected chi connectivity index (χ2v) is 5.48. The first kappa shape index (κ1) is 19.4. The maximum Gasteiger partial charge on any atom is 0.310 e. The monoisotopic (exact) mass is 342 g/mol. The Kier molecular flexibility index (Phi) is 8.58. The zero-order valence-electron chi connectivity index (χ0n) is 13.8. The summed E-state index contributed by atoms with van der Waals surface area (Å²) in [5, 5.41) is 0.256. The lowest BCUT2D eigenvalue weighted by Crippen LogP contribution is -2.38. The maximum atomic E-state index is 12.7. The van der Waals surface area contributed by atoms with Crippen molar-refractivity contribution in [2.45, 2.75) is 20.3 Å². The van der Waals surface area contributed by atoms with Gasteiger partial charge in [0.05, 0.1) is 13.0 Å². The Balaban J connectivity index is 2.80. The Morgan fingerprint density at radius 1 is 1.43 bits per heavy atom. The average molecular weight is 343 g/mol. The van der Waals surface area contributed by atoms with Crippen LogP contribution in [0.2, 0.25) is 5.15 Å². The van der Waals surface area contributed by atoms with Gasteiger partial charge in [-0.1, -0.05) is 18.5 Å². The maximum absolute atomic E-state index is 12.7. The summed E-state index contributed by atoms with van der Waals surface area (Å²) >= 11 is 5.84. The third kappa shape index (κ3) is 6.54. The first-order valence-electron chi connectivity index (χ1n) is 7.56. The molecule has 6 nitrogen and oxygen atoms in total. The van der Waals surface area contributed by atoms with E-state index in [2.05, 4.69) is 4.98 Å². The number of rotatable bonds is 9. The zero-order valence-corrected chi connectivity index (χ0v) is 14.5. The van der Waals surface area contributed by atoms with Crippen LogP contribution in [0.25, 0.3) is 0 Å². The van der Waals surface area contributed by atoms with E-state index in [4.69, 9.17) is 21.1 Å². The number of hydrogen-bond donors (Lipinski definition) is 0. The second-order valence-electron chi connectivity index (χ2n) is 5.09. The molecule has 0 radical (unpaired) electrons. The van der Waals surface area contributed by atoms with Gasteiger partial charge in [-0.15, -0.1) is 0 Å². The molecule has 0 aliphatic carbocycles. The number of hydrogen-bond acceptors (Lipinski definition) is 5. The molecule has 1 aromatic heterocycles. The quantitative estimate of drug-likeness (QED) is 0.391. The first-order valence-corrected chi connectivity index (χ1v) is 7.93. The van der Waals surface area contributed by atoms with Crippen molar-refractivity contribution in [1.82, 2.24) is 9.88 Å². The Hall–Kier alpha value is -1.66. The Labute approximate surface area is 141 Å². The lowest BCUT2D eigenvalue weighted by atomic mass is 10.1. The summed E-state index contributed by atoms with van der Waals surface area (Å²) in [7, 11) is 1.34. The summed E-state index contributed by atoms with van der Waals surface area (Å²) in [6.45, 7) is 5.60. The number of nitrogens with zero attached hydrogens (tertiary/aromatic N) is 2. The molecule has 1 unspecified atom stereocenters. The minimum absolute atomic E-state index is 0.193. The van der Waals surface area contributed by atoms with Crippen molar-refractivity contribution >= 4 is 23.5 Å². The molecule has 1 atom stereocenters. The standard InChI is InChI=1S/C16H23ClN2O4/c1-4-23-9-5-8-19(11-12(2)16(21)22-3)15(20)13-6-7-18-14(17)10-13/h6-7,10,12H,4-5,8-9,11H2,1-3H3. The normalized spacial score (nSPS) is 11.8. The van der Waals surface area contributed by atoms with Gasteiger partial charge >= 0.3 is 5.97 Å². The number of pyridine rings is 1. The van der Waals surface area contributed by atoms with Crippen LogP contribution in [-0.4, -0.2) is 55.2 Å². The molecule has 0 aromatic carbocycles. The molecule has 128 valence electrons. The number of carbonyl (C=O) groups excluding carboxylic acids is 2. The topological polar surface area (TPSA) is 68.7 Å². The van der Waals surface area contributed by atoms with Gasteiger partial charge in [0.2, 0.25) is 0 Å². The van der Waals surface area contributed by atoms with Gasteiger partial charge in [0.15, 0.2) is 0 Å². The predicted molar refractivity (Wildman–Crippen MR) is 87.4 cm³/mol. The predicted octanol–water partition coefficient (Wildman–Crippen LogP) is 2.41. The first-order chi connectivity index (χ1) is 11.0. The van der Waals surface area contributed by atoms with Crippen molar-refractivity contribution in [2.24, 2.45) is 5.92 Å². The van der Waals surface area contributed by atoms with Gasteiger partial charge in [0.25, 0.3) is 5.91 Å². The van der Waals surface area contributed by atoms with Crippen LogP contribution in [0.3, 0.4) is 0 Å². The molecule has 1 rings (SSSR count). The summed E-state index contributed by atoms with van der Waals surface area (Å²) < 4.78 is 10.0. The van der Waals surface area contributed by atoms with Crippen molar-refractivity contribution in [3.8, 4) is 0 Å². The molecular weight excluding hydrogens is 320 g/mol. The van der Waals surface area contributed by atoms with Crippen LogP contribution >= 0.6 is 11.6 Å². The number of amides is 1. The molecule has 0 aliphatic rings. The highest BCUT2D eigenvalue weighted by Crippen LogP contribution is 2.12. The fourth-order valence-corrected chi connectivity index (χ4v) is 2.28. The van der Waals surface area contributed by atoms with Crippen LogP contribution in [-0.2, 0) is 14.3 Å². The second kappa shape index (κ2) is 10.2. The summed E-state index contributed by atoms with van der Waals surface area (Å²) in [6, 6.07) is 3.12. The molecule has 0 aliphatic heterocycles. The lowest BCUT2D eigenvalue weighted by molar-refractivity contribution is -0.145. The summed E-state index contributed by atoms with van der Waals surface area (Å²) in [6.07, 6.45) is 2.17. The summed E-state index contributed by atoms with van der Waals surface area (Å²) in [5.74, 6) is -0.949. The van der Waals surface area contributed by atoms with Crippen molar-refractivity contribution in [2.75, 3.05) is 33.4 Å². The fourth-order valence-electron chi connectivity index (χ4n) is 2.10. The molecule has 1 aromatic rings. The minimum Gasteiger partial charge on any atom is -0.469 e. The van der Waals surface area contributed by atoms with Crippen molar-refractivity contribution in [3.63, 3.8) is 0 Å². The van der Waals surface area contributed by atoms with Crippen LogP contribution in [0.4, 0.5) is 0 Å². The van der Waals surface area contributed by atoms with E-state index in [0.29, 0.717) is 31.7 Å². The van der Waals surface area contributed by atoms with Crippen molar-refractivity contribution in [1.29, 1.82) is 0 Å². The van der Waals surface area contributed by atoms with Crippen LogP contribution in [0.5, 0.6) is 0 Å². The minimum atomic E-state index is -0.409. The Morgan fingerprint density at radius 3 is 2.78 bits per heavy atom. The molecule has 1 heterocycles. The van der Waals surface area contributed by atoms with E-state index in [9.17, 15) is 9.59 Å². The lowest BCUT2D eigenvalue weighted by Gasteiger charge is -2.25. The summed E-state index contributed by atoms with van der Waals surface area (Å²) in [5.41, 5.74) is 0.443. The van der Waals surface area contributed by atoms with E-state index in [0.717, 1.165) is 0 Å². The fraction of sp³-hybridized carbons (Fsp3) is 0.562. The van der Waals surface area contributed by atoms with Crippen molar-refractivity contribution in [3.05, 3.63) is 29.0 Å². The molecule has 0 saturated heterocycles. The SMILES string of the molecule is CCOCCCN(CC(C)C(=O)OC)C(=O)c1ccnc(Cl)c1. The van der Waals surface area contributed by atoms with E-state index in [-0.39, 0.29) is 23.6 Å². The van der Waals surface area contributed by atoms with Crippen LogP contribution in [0, 0.1) is 5.92 Å². The van der Waals surface area contributed by atoms with E-state index in [1.807, 2.05) is 6.92 Å². The van der Waals surface area contributed by atoms with E-state index in [1.54, 1.807) is 17.9 Å². The number of methoxy groups -OCH3 is 1. The van der Waals surface area contributed by atoms with Gasteiger partial charge < -0.3 is 14.4 Å². The molecule has 1 amide bonds.